The maximum absolute atomic E-state index is 11.8. The third-order valence-electron chi connectivity index (χ3n) is 3.87. The number of carbonyl (C=O) groups is 1. The minimum Gasteiger partial charge on any atom is -0.504 e. The fourth-order valence-corrected chi connectivity index (χ4v) is 2.13. The number of ether oxygens (including phenoxy) is 1. The Morgan fingerprint density at radius 2 is 2.17 bits per heavy atom. The summed E-state index contributed by atoms with van der Waals surface area (Å²) in [5, 5.41) is 12.4. The van der Waals surface area contributed by atoms with Crippen LogP contribution < -0.4 is 10.1 Å². The molecule has 23 heavy (non-hydrogen) atoms. The highest BCUT2D eigenvalue weighted by Crippen LogP contribution is 2.26. The van der Waals surface area contributed by atoms with E-state index in [-0.39, 0.29) is 11.7 Å². The monoisotopic (exact) mass is 319 g/mol. The number of benzene rings is 1. The van der Waals surface area contributed by atoms with Crippen LogP contribution in [0.1, 0.15) is 51.5 Å². The van der Waals surface area contributed by atoms with Crippen LogP contribution in [-0.2, 0) is 11.3 Å². The molecular formula is C19H29NO3. The predicted molar refractivity (Wildman–Crippen MR) is 93.6 cm³/mol. The van der Waals surface area contributed by atoms with E-state index in [0.717, 1.165) is 24.8 Å². The Labute approximate surface area is 139 Å². The molecule has 1 rings (SSSR count). The maximum Gasteiger partial charge on any atom is 0.220 e. The molecule has 1 aromatic carbocycles. The second kappa shape index (κ2) is 10.7. The zero-order chi connectivity index (χ0) is 17.1. The number of phenolic OH excluding ortho intramolecular Hbond substituents is 1. The summed E-state index contributed by atoms with van der Waals surface area (Å²) in [5.74, 6) is 1.22. The maximum atomic E-state index is 11.8. The minimum absolute atomic E-state index is 0.0583. The number of aromatic hydroxyl groups is 1. The van der Waals surface area contributed by atoms with Crippen molar-refractivity contribution in [2.75, 3.05) is 7.11 Å². The molecule has 0 saturated carbocycles. The highest BCUT2D eigenvalue weighted by molar-refractivity contribution is 5.75. The molecule has 0 fully saturated rings. The van der Waals surface area contributed by atoms with Crippen LogP contribution >= 0.6 is 0 Å². The largest absolute Gasteiger partial charge is 0.504 e. The lowest BCUT2D eigenvalue weighted by Crippen LogP contribution is -2.22. The molecule has 0 spiro atoms. The van der Waals surface area contributed by atoms with Crippen LogP contribution in [0.3, 0.4) is 0 Å². The van der Waals surface area contributed by atoms with Gasteiger partial charge in [0.15, 0.2) is 11.5 Å². The summed E-state index contributed by atoms with van der Waals surface area (Å²) in [7, 11) is 1.51. The summed E-state index contributed by atoms with van der Waals surface area (Å²) in [6.07, 6.45) is 9.15. The van der Waals surface area contributed by atoms with Gasteiger partial charge in [0.25, 0.3) is 0 Å². The standard InChI is InChI=1S/C19H29NO3/c1-4-15(2)9-7-5-6-8-10-19(22)20-14-16-11-12-17(21)18(13-16)23-3/h7,9,11-13,15,21H,4-6,8,10,14H2,1-3H3,(H,20,22). The van der Waals surface area contributed by atoms with E-state index >= 15 is 0 Å². The van der Waals surface area contributed by atoms with Gasteiger partial charge in [0, 0.05) is 13.0 Å². The lowest BCUT2D eigenvalue weighted by Gasteiger charge is -2.08. The number of carbonyl (C=O) groups excluding carboxylic acids is 1. The molecule has 128 valence electrons. The van der Waals surface area contributed by atoms with Gasteiger partial charge in [0.05, 0.1) is 7.11 Å². The van der Waals surface area contributed by atoms with Crippen molar-refractivity contribution in [2.24, 2.45) is 5.92 Å². The van der Waals surface area contributed by atoms with Crippen LogP contribution in [0.25, 0.3) is 0 Å². The lowest BCUT2D eigenvalue weighted by atomic mass is 10.1. The molecule has 1 aromatic rings. The average molecular weight is 319 g/mol. The predicted octanol–water partition coefficient (Wildman–Crippen LogP) is 4.18. The van der Waals surface area contributed by atoms with Gasteiger partial charge in [0.1, 0.15) is 0 Å². The summed E-state index contributed by atoms with van der Waals surface area (Å²) in [6.45, 7) is 4.84. The highest BCUT2D eigenvalue weighted by atomic mass is 16.5. The van der Waals surface area contributed by atoms with Crippen LogP contribution in [0, 0.1) is 5.92 Å². The fourth-order valence-electron chi connectivity index (χ4n) is 2.13. The van der Waals surface area contributed by atoms with Crippen molar-refractivity contribution >= 4 is 5.91 Å². The van der Waals surface area contributed by atoms with Crippen LogP contribution in [-0.4, -0.2) is 18.1 Å². The van der Waals surface area contributed by atoms with E-state index in [1.165, 1.54) is 13.5 Å². The first-order valence-corrected chi connectivity index (χ1v) is 8.36. The first-order chi connectivity index (χ1) is 11.1. The topological polar surface area (TPSA) is 58.6 Å². The second-order valence-electron chi connectivity index (χ2n) is 5.84. The SMILES string of the molecule is CCC(C)C=CCCCCC(=O)NCc1ccc(O)c(OC)c1. The second-order valence-corrected chi connectivity index (χ2v) is 5.84. The molecule has 0 aliphatic heterocycles. The minimum atomic E-state index is 0.0583. The van der Waals surface area contributed by atoms with Crippen molar-refractivity contribution in [3.63, 3.8) is 0 Å². The zero-order valence-electron chi connectivity index (χ0n) is 14.5. The van der Waals surface area contributed by atoms with Gasteiger partial charge in [-0.3, -0.25) is 4.79 Å². The molecule has 0 radical (unpaired) electrons. The first kappa shape index (κ1) is 19.1. The number of phenols is 1. The number of allylic oxidation sites excluding steroid dienone is 2. The highest BCUT2D eigenvalue weighted by Gasteiger charge is 2.05. The summed E-state index contributed by atoms with van der Waals surface area (Å²) in [4.78, 5) is 11.8. The summed E-state index contributed by atoms with van der Waals surface area (Å²) in [5.41, 5.74) is 0.907. The van der Waals surface area contributed by atoms with E-state index in [9.17, 15) is 9.90 Å². The molecule has 1 atom stereocenters. The van der Waals surface area contributed by atoms with Gasteiger partial charge in [-0.05, 0) is 42.9 Å². The van der Waals surface area contributed by atoms with Crippen LogP contribution in [0.2, 0.25) is 0 Å². The van der Waals surface area contributed by atoms with E-state index in [0.29, 0.717) is 24.6 Å². The quantitative estimate of drug-likeness (QED) is 0.502. The van der Waals surface area contributed by atoms with Crippen molar-refractivity contribution < 1.29 is 14.6 Å². The van der Waals surface area contributed by atoms with Gasteiger partial charge in [-0.2, -0.15) is 0 Å². The van der Waals surface area contributed by atoms with Gasteiger partial charge in [-0.15, -0.1) is 0 Å². The molecule has 4 nitrogen and oxygen atoms in total. The Morgan fingerprint density at radius 1 is 1.39 bits per heavy atom. The number of amides is 1. The molecule has 2 N–H and O–H groups in total. The van der Waals surface area contributed by atoms with Crippen LogP contribution in [0.5, 0.6) is 11.5 Å². The molecule has 0 aliphatic carbocycles. The molecule has 0 heterocycles. The number of methoxy groups -OCH3 is 1. The Kier molecular flexibility index (Phi) is 8.88. The molecule has 0 aromatic heterocycles. The number of nitrogens with one attached hydrogen (secondary N) is 1. The van der Waals surface area contributed by atoms with E-state index in [1.807, 2.05) is 0 Å². The molecule has 0 bridgehead atoms. The van der Waals surface area contributed by atoms with Crippen molar-refractivity contribution in [3.8, 4) is 11.5 Å². The third-order valence-corrected chi connectivity index (χ3v) is 3.87. The van der Waals surface area contributed by atoms with Crippen LogP contribution in [0.4, 0.5) is 0 Å². The van der Waals surface area contributed by atoms with E-state index in [2.05, 4.69) is 31.3 Å². The molecule has 1 unspecified atom stereocenters. The molecule has 0 saturated heterocycles. The Hall–Kier alpha value is -1.97. The smallest absolute Gasteiger partial charge is 0.220 e. The van der Waals surface area contributed by atoms with Crippen molar-refractivity contribution in [3.05, 3.63) is 35.9 Å². The molecular weight excluding hydrogens is 290 g/mol. The summed E-state index contributed by atoms with van der Waals surface area (Å²) in [6, 6.07) is 5.08. The Balaban J connectivity index is 2.21. The number of hydrogen-bond donors (Lipinski definition) is 2. The number of unbranched alkanes of at least 4 members (excludes halogenated alkanes) is 2. The number of hydrogen-bond acceptors (Lipinski definition) is 3. The van der Waals surface area contributed by atoms with Crippen molar-refractivity contribution in [2.45, 2.75) is 52.5 Å². The van der Waals surface area contributed by atoms with E-state index in [4.69, 9.17) is 4.74 Å². The summed E-state index contributed by atoms with van der Waals surface area (Å²) >= 11 is 0. The van der Waals surface area contributed by atoms with Gasteiger partial charge in [-0.25, -0.2) is 0 Å². The van der Waals surface area contributed by atoms with Gasteiger partial charge >= 0.3 is 0 Å². The first-order valence-electron chi connectivity index (χ1n) is 8.36. The van der Waals surface area contributed by atoms with Gasteiger partial charge in [0.2, 0.25) is 5.91 Å². The lowest BCUT2D eigenvalue weighted by molar-refractivity contribution is -0.121. The Bertz CT molecular complexity index is 511. The molecule has 1 amide bonds. The normalized spacial score (nSPS) is 12.3. The van der Waals surface area contributed by atoms with Crippen molar-refractivity contribution in [1.82, 2.24) is 5.32 Å². The van der Waals surface area contributed by atoms with Gasteiger partial charge < -0.3 is 15.2 Å². The van der Waals surface area contributed by atoms with E-state index in [1.54, 1.807) is 18.2 Å². The van der Waals surface area contributed by atoms with Crippen molar-refractivity contribution in [1.29, 1.82) is 0 Å². The van der Waals surface area contributed by atoms with Crippen LogP contribution in [0.15, 0.2) is 30.4 Å². The number of rotatable bonds is 10. The summed E-state index contributed by atoms with van der Waals surface area (Å²) < 4.78 is 5.05. The van der Waals surface area contributed by atoms with E-state index < -0.39 is 0 Å². The Morgan fingerprint density at radius 3 is 2.87 bits per heavy atom. The zero-order valence-corrected chi connectivity index (χ0v) is 14.5. The molecule has 4 heteroatoms. The molecule has 0 aliphatic rings. The average Bonchev–Trinajstić information content (AvgIpc) is 2.56. The third kappa shape index (κ3) is 7.73. The fraction of sp³-hybridized carbons (Fsp3) is 0.526. The van der Waals surface area contributed by atoms with Gasteiger partial charge in [-0.1, -0.05) is 38.5 Å².